The molecule has 1 saturated heterocycles. The lowest BCUT2D eigenvalue weighted by Gasteiger charge is -2.52. The SMILES string of the molecule is NC12CCC(CC1)C1CN(c3c(F)cc4c(=O)c(OC(=O)O)cn(C5CC5)c4c3F)CC12. The van der Waals surface area contributed by atoms with Crippen molar-refractivity contribution in [3.05, 3.63) is 34.1 Å². The third-order valence-electron chi connectivity index (χ3n) is 8.28. The second-order valence-electron chi connectivity index (χ2n) is 9.99. The van der Waals surface area contributed by atoms with Crippen molar-refractivity contribution in [1.29, 1.82) is 0 Å². The fourth-order valence-corrected chi connectivity index (χ4v) is 6.58. The van der Waals surface area contributed by atoms with E-state index in [2.05, 4.69) is 4.74 Å². The van der Waals surface area contributed by atoms with E-state index in [-0.39, 0.29) is 34.1 Å². The van der Waals surface area contributed by atoms with Crippen molar-refractivity contribution < 1.29 is 23.4 Å². The maximum atomic E-state index is 16.0. The Balaban J connectivity index is 1.49. The number of hydrogen-bond acceptors (Lipinski definition) is 5. The van der Waals surface area contributed by atoms with Gasteiger partial charge < -0.3 is 25.0 Å². The minimum absolute atomic E-state index is 0.00643. The summed E-state index contributed by atoms with van der Waals surface area (Å²) in [6.07, 6.45) is 5.19. The van der Waals surface area contributed by atoms with Gasteiger partial charge in [-0.1, -0.05) is 0 Å². The Morgan fingerprint density at radius 3 is 2.53 bits per heavy atom. The number of carboxylic acid groups (broad SMARTS) is 1. The Bertz CT molecular complexity index is 1200. The standard InChI is InChI=1S/C23H25F2N3O4/c24-16-7-13-19(28(12-1-2-12)10-17(21(13)29)32-22(30)31)18(25)20(16)27-8-14-11-3-5-23(26,6-4-11)15(14)9-27/h7,10-12,14-15H,1-6,8-9,26H2,(H,30,31). The average Bonchev–Trinajstić information content (AvgIpc) is 3.48. The van der Waals surface area contributed by atoms with Crippen LogP contribution < -0.4 is 20.8 Å². The summed E-state index contributed by atoms with van der Waals surface area (Å²) in [4.78, 5) is 25.5. The predicted octanol–water partition coefficient (Wildman–Crippen LogP) is 3.63. The fraction of sp³-hybridized carbons (Fsp3) is 0.565. The highest BCUT2D eigenvalue weighted by Crippen LogP contribution is 2.54. The zero-order valence-electron chi connectivity index (χ0n) is 17.5. The predicted molar refractivity (Wildman–Crippen MR) is 113 cm³/mol. The third kappa shape index (κ3) is 2.79. The van der Waals surface area contributed by atoms with Crippen molar-refractivity contribution in [1.82, 2.24) is 4.57 Å². The molecule has 170 valence electrons. The topological polar surface area (TPSA) is 97.8 Å². The van der Waals surface area contributed by atoms with Gasteiger partial charge in [0.15, 0.2) is 11.6 Å². The van der Waals surface area contributed by atoms with Crippen molar-refractivity contribution >= 4 is 22.7 Å². The lowest BCUT2D eigenvalue weighted by atomic mass is 9.56. The molecule has 4 aliphatic carbocycles. The van der Waals surface area contributed by atoms with Gasteiger partial charge >= 0.3 is 6.16 Å². The largest absolute Gasteiger partial charge is 0.511 e. The van der Waals surface area contributed by atoms with Gasteiger partial charge in [-0.2, -0.15) is 0 Å². The minimum Gasteiger partial charge on any atom is -0.449 e. The van der Waals surface area contributed by atoms with E-state index in [9.17, 15) is 9.59 Å². The van der Waals surface area contributed by atoms with Crippen LogP contribution in [0.1, 0.15) is 44.6 Å². The van der Waals surface area contributed by atoms with E-state index >= 15 is 8.78 Å². The number of benzene rings is 1. The molecule has 5 aliphatic rings. The number of halogens is 2. The van der Waals surface area contributed by atoms with Gasteiger partial charge in [-0.05, 0) is 62.3 Å². The Morgan fingerprint density at radius 2 is 1.91 bits per heavy atom. The Morgan fingerprint density at radius 1 is 1.19 bits per heavy atom. The molecular formula is C23H25F2N3O4. The van der Waals surface area contributed by atoms with E-state index in [0.29, 0.717) is 24.9 Å². The molecule has 9 heteroatoms. The van der Waals surface area contributed by atoms with Gasteiger partial charge in [0.1, 0.15) is 11.5 Å². The Labute approximate surface area is 182 Å². The molecule has 2 bridgehead atoms. The van der Waals surface area contributed by atoms with Crippen molar-refractivity contribution in [2.24, 2.45) is 23.5 Å². The monoisotopic (exact) mass is 445 g/mol. The van der Waals surface area contributed by atoms with Crippen LogP contribution in [0.15, 0.2) is 17.1 Å². The molecule has 5 fully saturated rings. The number of nitrogens with two attached hydrogens (primary N) is 1. The normalized spacial score (nSPS) is 31.2. The smallest absolute Gasteiger partial charge is 0.449 e. The zero-order chi connectivity index (χ0) is 22.4. The number of hydrogen-bond donors (Lipinski definition) is 2. The molecule has 1 aromatic heterocycles. The highest BCUT2D eigenvalue weighted by Gasteiger charge is 2.55. The lowest BCUT2D eigenvalue weighted by Crippen LogP contribution is -2.58. The van der Waals surface area contributed by atoms with Crippen molar-refractivity contribution in [2.75, 3.05) is 18.0 Å². The van der Waals surface area contributed by atoms with Crippen LogP contribution in [-0.2, 0) is 0 Å². The average molecular weight is 445 g/mol. The van der Waals surface area contributed by atoms with Crippen LogP contribution in [0.4, 0.5) is 19.3 Å². The summed E-state index contributed by atoms with van der Waals surface area (Å²) >= 11 is 0. The van der Waals surface area contributed by atoms with Crippen LogP contribution in [0.3, 0.4) is 0 Å². The summed E-state index contributed by atoms with van der Waals surface area (Å²) in [6, 6.07) is 0.949. The summed E-state index contributed by atoms with van der Waals surface area (Å²) in [5.41, 5.74) is 5.50. The van der Waals surface area contributed by atoms with Crippen molar-refractivity contribution in [2.45, 2.75) is 50.1 Å². The molecule has 0 spiro atoms. The maximum absolute atomic E-state index is 16.0. The summed E-state index contributed by atoms with van der Waals surface area (Å²) in [7, 11) is 0. The highest BCUT2D eigenvalue weighted by atomic mass is 19.1. The first-order valence-corrected chi connectivity index (χ1v) is 11.3. The fourth-order valence-electron chi connectivity index (χ4n) is 6.58. The van der Waals surface area contributed by atoms with Crippen molar-refractivity contribution in [3.63, 3.8) is 0 Å². The number of aromatic nitrogens is 1. The van der Waals surface area contributed by atoms with Crippen LogP contribution in [0, 0.1) is 29.4 Å². The van der Waals surface area contributed by atoms with Crippen LogP contribution in [0.2, 0.25) is 0 Å². The number of carbonyl (C=O) groups is 1. The van der Waals surface area contributed by atoms with Crippen LogP contribution in [0.25, 0.3) is 10.9 Å². The second-order valence-corrected chi connectivity index (χ2v) is 9.99. The highest BCUT2D eigenvalue weighted by molar-refractivity contribution is 5.86. The van der Waals surface area contributed by atoms with E-state index in [4.69, 9.17) is 10.8 Å². The van der Waals surface area contributed by atoms with E-state index in [1.54, 1.807) is 4.90 Å². The van der Waals surface area contributed by atoms with Crippen LogP contribution in [-0.4, -0.2) is 34.5 Å². The number of nitrogens with zero attached hydrogens (tertiary/aromatic N) is 2. The Kier molecular flexibility index (Phi) is 4.16. The van der Waals surface area contributed by atoms with Crippen molar-refractivity contribution in [3.8, 4) is 5.75 Å². The molecule has 4 saturated carbocycles. The minimum atomic E-state index is -1.65. The van der Waals surface area contributed by atoms with Gasteiger partial charge in [0.25, 0.3) is 0 Å². The van der Waals surface area contributed by atoms with Crippen LogP contribution in [0.5, 0.6) is 5.75 Å². The molecule has 2 unspecified atom stereocenters. The van der Waals surface area contributed by atoms with E-state index in [0.717, 1.165) is 44.6 Å². The summed E-state index contributed by atoms with van der Waals surface area (Å²) < 4.78 is 37.4. The van der Waals surface area contributed by atoms with Gasteiger partial charge in [0.05, 0.1) is 17.1 Å². The number of ether oxygens (including phenoxy) is 1. The van der Waals surface area contributed by atoms with Gasteiger partial charge in [0, 0.05) is 24.7 Å². The molecule has 1 aromatic carbocycles. The summed E-state index contributed by atoms with van der Waals surface area (Å²) in [5.74, 6) is -0.961. The van der Waals surface area contributed by atoms with E-state index in [1.165, 1.54) is 10.8 Å². The molecule has 7 rings (SSSR count). The molecule has 32 heavy (non-hydrogen) atoms. The van der Waals surface area contributed by atoms with Gasteiger partial charge in [-0.25, -0.2) is 13.6 Å². The molecule has 0 radical (unpaired) electrons. The first-order valence-electron chi connectivity index (χ1n) is 11.3. The maximum Gasteiger partial charge on any atom is 0.511 e. The zero-order valence-corrected chi connectivity index (χ0v) is 17.5. The molecule has 2 aromatic rings. The quantitative estimate of drug-likeness (QED) is 0.701. The summed E-state index contributed by atoms with van der Waals surface area (Å²) in [5, 5.41) is 8.73. The molecule has 7 nitrogen and oxygen atoms in total. The second kappa shape index (κ2) is 6.66. The van der Waals surface area contributed by atoms with Gasteiger partial charge in [0.2, 0.25) is 5.43 Å². The number of rotatable bonds is 3. The molecule has 1 aliphatic heterocycles. The Hall–Kier alpha value is -2.68. The molecular weight excluding hydrogens is 420 g/mol. The molecule has 2 heterocycles. The van der Waals surface area contributed by atoms with E-state index in [1.807, 2.05) is 0 Å². The molecule has 2 atom stereocenters. The first-order chi connectivity index (χ1) is 15.3. The van der Waals surface area contributed by atoms with Crippen LogP contribution >= 0.6 is 0 Å². The molecule has 0 amide bonds. The van der Waals surface area contributed by atoms with E-state index < -0.39 is 29.0 Å². The lowest BCUT2D eigenvalue weighted by molar-refractivity contribution is 0.0318. The summed E-state index contributed by atoms with van der Waals surface area (Å²) in [6.45, 7) is 1.06. The molecule has 3 N–H and O–H groups in total. The van der Waals surface area contributed by atoms with Gasteiger partial charge in [-0.3, -0.25) is 4.79 Å². The number of pyridine rings is 1. The number of fused-ring (bicyclic) bond motifs is 3. The first kappa shape index (κ1) is 20.0. The number of anilines is 1. The van der Waals surface area contributed by atoms with Gasteiger partial charge in [-0.15, -0.1) is 0 Å². The third-order valence-corrected chi connectivity index (χ3v) is 8.28.